The van der Waals surface area contributed by atoms with E-state index < -0.39 is 0 Å². The van der Waals surface area contributed by atoms with Crippen molar-refractivity contribution in [2.24, 2.45) is 13.0 Å². The molecule has 72 valence electrons. The topological polar surface area (TPSA) is 17.8 Å². The summed E-state index contributed by atoms with van der Waals surface area (Å²) in [6.45, 7) is 0. The van der Waals surface area contributed by atoms with Crippen LogP contribution in [0.5, 0.6) is 0 Å². The number of nitrogens with zero attached hydrogens (tertiary/aromatic N) is 2. The highest BCUT2D eigenvalue weighted by Crippen LogP contribution is 2.31. The summed E-state index contributed by atoms with van der Waals surface area (Å²) in [5.41, 5.74) is 1.21. The molecule has 1 aliphatic carbocycles. The highest BCUT2D eigenvalue weighted by atomic mass is 35.5. The Morgan fingerprint density at radius 2 is 2.46 bits per heavy atom. The number of aromatic nitrogens is 2. The smallest absolute Gasteiger partial charge is 0.0627 e. The van der Waals surface area contributed by atoms with E-state index in [0.29, 0.717) is 5.38 Å². The van der Waals surface area contributed by atoms with Crippen molar-refractivity contribution in [1.82, 2.24) is 9.78 Å². The highest BCUT2D eigenvalue weighted by Gasteiger charge is 2.23. The van der Waals surface area contributed by atoms with E-state index in [4.69, 9.17) is 11.6 Å². The summed E-state index contributed by atoms with van der Waals surface area (Å²) in [5.74, 6) is 0.761. The maximum absolute atomic E-state index is 6.05. The second kappa shape index (κ2) is 3.70. The molecule has 3 heteroatoms. The minimum Gasteiger partial charge on any atom is -0.276 e. The van der Waals surface area contributed by atoms with Crippen LogP contribution < -0.4 is 0 Å². The molecule has 0 bridgehead atoms. The van der Waals surface area contributed by atoms with E-state index in [2.05, 4.69) is 11.2 Å². The van der Waals surface area contributed by atoms with E-state index >= 15 is 0 Å². The number of hydrogen-bond acceptors (Lipinski definition) is 1. The number of hydrogen-bond donors (Lipinski definition) is 0. The lowest BCUT2D eigenvalue weighted by Gasteiger charge is -2.05. The summed E-state index contributed by atoms with van der Waals surface area (Å²) in [5, 5.41) is 4.78. The predicted molar refractivity (Wildman–Crippen MR) is 53.9 cm³/mol. The average Bonchev–Trinajstić information content (AvgIpc) is 2.62. The molecule has 2 rings (SSSR count). The molecule has 1 saturated carbocycles. The maximum Gasteiger partial charge on any atom is 0.0627 e. The van der Waals surface area contributed by atoms with Gasteiger partial charge in [-0.25, -0.2) is 0 Å². The van der Waals surface area contributed by atoms with Crippen LogP contribution >= 0.6 is 11.6 Å². The van der Waals surface area contributed by atoms with Crippen molar-refractivity contribution in [2.75, 3.05) is 0 Å². The molecule has 1 aliphatic rings. The number of aryl methyl sites for hydroxylation is 1. The molecule has 2 atom stereocenters. The van der Waals surface area contributed by atoms with Crippen LogP contribution in [0.4, 0.5) is 0 Å². The molecular formula is C10H15ClN2. The van der Waals surface area contributed by atoms with Crippen LogP contribution in [0, 0.1) is 5.92 Å². The first kappa shape index (κ1) is 9.07. The van der Waals surface area contributed by atoms with Crippen molar-refractivity contribution < 1.29 is 0 Å². The van der Waals surface area contributed by atoms with Crippen LogP contribution in [-0.4, -0.2) is 15.2 Å². The Balaban J connectivity index is 1.91. The zero-order valence-electron chi connectivity index (χ0n) is 7.91. The molecule has 0 aromatic carbocycles. The van der Waals surface area contributed by atoms with E-state index in [0.717, 1.165) is 18.8 Å². The van der Waals surface area contributed by atoms with Crippen molar-refractivity contribution >= 4 is 11.6 Å². The van der Waals surface area contributed by atoms with Crippen molar-refractivity contribution in [1.29, 1.82) is 0 Å². The number of halogens is 1. The molecule has 2 unspecified atom stereocenters. The molecular weight excluding hydrogens is 184 g/mol. The number of rotatable bonds is 2. The fourth-order valence-corrected chi connectivity index (χ4v) is 2.45. The van der Waals surface area contributed by atoms with Crippen LogP contribution in [0.25, 0.3) is 0 Å². The summed E-state index contributed by atoms with van der Waals surface area (Å²) >= 11 is 6.05. The van der Waals surface area contributed by atoms with Crippen molar-refractivity contribution in [3.8, 4) is 0 Å². The van der Waals surface area contributed by atoms with Gasteiger partial charge in [0.2, 0.25) is 0 Å². The molecule has 2 nitrogen and oxygen atoms in total. The molecule has 0 aliphatic heterocycles. The van der Waals surface area contributed by atoms with Gasteiger partial charge in [-0.1, -0.05) is 0 Å². The summed E-state index contributed by atoms with van der Waals surface area (Å²) in [6, 6.07) is 2.10. The monoisotopic (exact) mass is 198 g/mol. The average molecular weight is 199 g/mol. The van der Waals surface area contributed by atoms with Crippen LogP contribution in [0.3, 0.4) is 0 Å². The van der Waals surface area contributed by atoms with Crippen LogP contribution in [0.2, 0.25) is 0 Å². The normalized spacial score (nSPS) is 28.2. The van der Waals surface area contributed by atoms with Gasteiger partial charge in [-0.05, 0) is 37.7 Å². The quantitative estimate of drug-likeness (QED) is 0.668. The van der Waals surface area contributed by atoms with E-state index in [1.165, 1.54) is 18.5 Å². The van der Waals surface area contributed by atoms with E-state index in [1.807, 2.05) is 17.9 Å². The van der Waals surface area contributed by atoms with E-state index in [1.54, 1.807) is 0 Å². The van der Waals surface area contributed by atoms with Gasteiger partial charge in [0.25, 0.3) is 0 Å². The predicted octanol–water partition coefficient (Wildman–Crippen LogP) is 2.37. The van der Waals surface area contributed by atoms with Crippen molar-refractivity contribution in [3.63, 3.8) is 0 Å². The van der Waals surface area contributed by atoms with Gasteiger partial charge in [0.05, 0.1) is 5.69 Å². The maximum atomic E-state index is 6.05. The largest absolute Gasteiger partial charge is 0.276 e. The molecule has 0 N–H and O–H groups in total. The summed E-state index contributed by atoms with van der Waals surface area (Å²) in [7, 11) is 1.96. The SMILES string of the molecule is Cn1ccc(CC2CCC(Cl)C2)n1. The zero-order valence-corrected chi connectivity index (χ0v) is 8.67. The third kappa shape index (κ3) is 2.25. The first-order chi connectivity index (χ1) is 6.24. The molecule has 0 saturated heterocycles. The molecule has 1 fully saturated rings. The van der Waals surface area contributed by atoms with Gasteiger partial charge < -0.3 is 0 Å². The molecule has 0 spiro atoms. The van der Waals surface area contributed by atoms with Gasteiger partial charge in [0.1, 0.15) is 0 Å². The van der Waals surface area contributed by atoms with Crippen LogP contribution in [0.15, 0.2) is 12.3 Å². The van der Waals surface area contributed by atoms with E-state index in [-0.39, 0.29) is 0 Å². The Bertz CT molecular complexity index is 282. The van der Waals surface area contributed by atoms with Gasteiger partial charge >= 0.3 is 0 Å². The highest BCUT2D eigenvalue weighted by molar-refractivity contribution is 6.20. The summed E-state index contributed by atoms with van der Waals surface area (Å²) in [6.07, 6.45) is 6.72. The Labute approximate surface area is 83.9 Å². The minimum atomic E-state index is 0.411. The molecule has 13 heavy (non-hydrogen) atoms. The lowest BCUT2D eigenvalue weighted by molar-refractivity contribution is 0.534. The zero-order chi connectivity index (χ0) is 9.26. The minimum absolute atomic E-state index is 0.411. The van der Waals surface area contributed by atoms with Crippen molar-refractivity contribution in [3.05, 3.63) is 18.0 Å². The lowest BCUT2D eigenvalue weighted by atomic mass is 10.0. The Hall–Kier alpha value is -0.500. The molecule has 1 aromatic rings. The molecule has 1 aromatic heterocycles. The van der Waals surface area contributed by atoms with Gasteiger partial charge in [-0.2, -0.15) is 5.10 Å². The fourth-order valence-electron chi connectivity index (χ4n) is 2.07. The number of alkyl halides is 1. The fraction of sp³-hybridized carbons (Fsp3) is 0.700. The van der Waals surface area contributed by atoms with Crippen LogP contribution in [0.1, 0.15) is 25.0 Å². The first-order valence-electron chi connectivity index (χ1n) is 4.86. The first-order valence-corrected chi connectivity index (χ1v) is 5.30. The summed E-state index contributed by atoms with van der Waals surface area (Å²) in [4.78, 5) is 0. The molecule has 1 heterocycles. The van der Waals surface area contributed by atoms with E-state index in [9.17, 15) is 0 Å². The third-order valence-corrected chi connectivity index (χ3v) is 3.14. The van der Waals surface area contributed by atoms with Gasteiger partial charge in [-0.3, -0.25) is 4.68 Å². The second-order valence-electron chi connectivity index (χ2n) is 3.96. The Morgan fingerprint density at radius 3 is 3.00 bits per heavy atom. The lowest BCUT2D eigenvalue weighted by Crippen LogP contribution is -2.01. The molecule has 0 amide bonds. The standard InChI is InChI=1S/C10H15ClN2/c1-13-5-4-10(12-13)7-8-2-3-9(11)6-8/h4-5,8-9H,2-3,6-7H2,1H3. The Morgan fingerprint density at radius 1 is 1.62 bits per heavy atom. The Kier molecular flexibility index (Phi) is 2.58. The van der Waals surface area contributed by atoms with Gasteiger partial charge in [-0.15, -0.1) is 11.6 Å². The van der Waals surface area contributed by atoms with Crippen molar-refractivity contribution in [2.45, 2.75) is 31.1 Å². The van der Waals surface area contributed by atoms with Gasteiger partial charge in [0.15, 0.2) is 0 Å². The summed E-state index contributed by atoms with van der Waals surface area (Å²) < 4.78 is 1.86. The molecule has 0 radical (unpaired) electrons. The second-order valence-corrected chi connectivity index (χ2v) is 4.58. The third-order valence-electron chi connectivity index (χ3n) is 2.74. The van der Waals surface area contributed by atoms with Gasteiger partial charge in [0, 0.05) is 18.6 Å². The van der Waals surface area contributed by atoms with Crippen LogP contribution in [-0.2, 0) is 13.5 Å².